The second-order valence-electron chi connectivity index (χ2n) is 4.14. The summed E-state index contributed by atoms with van der Waals surface area (Å²) in [5.74, 6) is 0.796. The van der Waals surface area contributed by atoms with Gasteiger partial charge in [0.15, 0.2) is 0 Å². The van der Waals surface area contributed by atoms with Crippen LogP contribution in [-0.4, -0.2) is 28.2 Å². The van der Waals surface area contributed by atoms with Crippen molar-refractivity contribution in [2.75, 3.05) is 18.0 Å². The Kier molecular flexibility index (Phi) is 1.56. The Balaban J connectivity index is 1.83. The highest BCUT2D eigenvalue weighted by Gasteiger charge is 2.42. The summed E-state index contributed by atoms with van der Waals surface area (Å²) in [5.41, 5.74) is 0.259. The van der Waals surface area contributed by atoms with Crippen LogP contribution in [0, 0.1) is 0 Å². The third kappa shape index (κ3) is 1.18. The SMILES string of the molecule is OC1(c2cnc(N3CCC3)nc2)CC1. The minimum absolute atomic E-state index is 0.604. The van der Waals surface area contributed by atoms with Gasteiger partial charge in [0, 0.05) is 31.0 Å². The van der Waals surface area contributed by atoms with Crippen LogP contribution in [0.5, 0.6) is 0 Å². The van der Waals surface area contributed by atoms with Gasteiger partial charge < -0.3 is 10.0 Å². The molecule has 2 aliphatic rings. The van der Waals surface area contributed by atoms with Crippen LogP contribution in [0.3, 0.4) is 0 Å². The van der Waals surface area contributed by atoms with Crippen molar-refractivity contribution in [3.05, 3.63) is 18.0 Å². The van der Waals surface area contributed by atoms with Gasteiger partial charge in [0.05, 0.1) is 5.60 Å². The second kappa shape index (κ2) is 2.67. The fourth-order valence-corrected chi connectivity index (χ4v) is 1.65. The molecule has 4 nitrogen and oxygen atoms in total. The van der Waals surface area contributed by atoms with Gasteiger partial charge in [-0.15, -0.1) is 0 Å². The van der Waals surface area contributed by atoms with Crippen molar-refractivity contribution in [3.63, 3.8) is 0 Å². The summed E-state index contributed by atoms with van der Waals surface area (Å²) < 4.78 is 0. The summed E-state index contributed by atoms with van der Waals surface area (Å²) in [5, 5.41) is 9.81. The standard InChI is InChI=1S/C10H13N3O/c14-10(2-3-10)8-6-11-9(12-7-8)13-4-1-5-13/h6-7,14H,1-5H2. The topological polar surface area (TPSA) is 49.3 Å². The number of aliphatic hydroxyl groups is 1. The number of rotatable bonds is 2. The van der Waals surface area contributed by atoms with Gasteiger partial charge in [-0.05, 0) is 19.3 Å². The van der Waals surface area contributed by atoms with Crippen LogP contribution in [0.25, 0.3) is 0 Å². The predicted octanol–water partition coefficient (Wildman–Crippen LogP) is 0.668. The van der Waals surface area contributed by atoms with E-state index >= 15 is 0 Å². The fraction of sp³-hybridized carbons (Fsp3) is 0.600. The zero-order chi connectivity index (χ0) is 9.60. The highest BCUT2D eigenvalue weighted by Crippen LogP contribution is 2.44. The van der Waals surface area contributed by atoms with Crippen molar-refractivity contribution in [1.29, 1.82) is 0 Å². The zero-order valence-corrected chi connectivity index (χ0v) is 7.98. The molecule has 0 unspecified atom stereocenters. The highest BCUT2D eigenvalue weighted by atomic mass is 16.3. The first kappa shape index (κ1) is 8.17. The van der Waals surface area contributed by atoms with E-state index < -0.39 is 5.60 Å². The minimum Gasteiger partial charge on any atom is -0.385 e. The molecule has 2 fully saturated rings. The van der Waals surface area contributed by atoms with Crippen molar-refractivity contribution in [3.8, 4) is 0 Å². The van der Waals surface area contributed by atoms with E-state index in [-0.39, 0.29) is 0 Å². The van der Waals surface area contributed by atoms with E-state index in [0.717, 1.165) is 37.4 Å². The van der Waals surface area contributed by atoms with E-state index in [1.807, 2.05) is 0 Å². The Morgan fingerprint density at radius 3 is 2.29 bits per heavy atom. The normalized spacial score (nSPS) is 23.1. The molecule has 0 spiro atoms. The smallest absolute Gasteiger partial charge is 0.225 e. The second-order valence-corrected chi connectivity index (χ2v) is 4.14. The summed E-state index contributed by atoms with van der Waals surface area (Å²) >= 11 is 0. The lowest BCUT2D eigenvalue weighted by atomic mass is 10.2. The van der Waals surface area contributed by atoms with E-state index in [1.54, 1.807) is 12.4 Å². The Hall–Kier alpha value is -1.16. The highest BCUT2D eigenvalue weighted by molar-refractivity contribution is 5.34. The van der Waals surface area contributed by atoms with E-state index in [2.05, 4.69) is 14.9 Å². The molecule has 1 aliphatic heterocycles. The van der Waals surface area contributed by atoms with Crippen LogP contribution in [0.15, 0.2) is 12.4 Å². The summed E-state index contributed by atoms with van der Waals surface area (Å²) in [6.45, 7) is 2.12. The Bertz CT molecular complexity index is 341. The van der Waals surface area contributed by atoms with Crippen LogP contribution < -0.4 is 4.90 Å². The van der Waals surface area contributed by atoms with Crippen molar-refractivity contribution in [2.24, 2.45) is 0 Å². The zero-order valence-electron chi connectivity index (χ0n) is 7.98. The first-order chi connectivity index (χ1) is 6.78. The van der Waals surface area contributed by atoms with Gasteiger partial charge in [-0.25, -0.2) is 9.97 Å². The molecule has 1 N–H and O–H groups in total. The Morgan fingerprint density at radius 2 is 1.86 bits per heavy atom. The molecule has 0 aromatic carbocycles. The lowest BCUT2D eigenvalue weighted by Gasteiger charge is -2.30. The van der Waals surface area contributed by atoms with Gasteiger partial charge in [-0.2, -0.15) is 0 Å². The van der Waals surface area contributed by atoms with Gasteiger partial charge in [-0.1, -0.05) is 0 Å². The molecule has 0 amide bonds. The maximum Gasteiger partial charge on any atom is 0.225 e. The van der Waals surface area contributed by atoms with Gasteiger partial charge >= 0.3 is 0 Å². The lowest BCUT2D eigenvalue weighted by molar-refractivity contribution is 0.150. The van der Waals surface area contributed by atoms with Crippen LogP contribution in [0.2, 0.25) is 0 Å². The molecule has 4 heteroatoms. The summed E-state index contributed by atoms with van der Waals surface area (Å²) in [7, 11) is 0. The minimum atomic E-state index is -0.604. The fourth-order valence-electron chi connectivity index (χ4n) is 1.65. The molecule has 74 valence electrons. The first-order valence-electron chi connectivity index (χ1n) is 5.08. The predicted molar refractivity (Wildman–Crippen MR) is 52.0 cm³/mol. The molecular formula is C10H13N3O. The molecule has 1 aromatic rings. The monoisotopic (exact) mass is 191 g/mol. The molecule has 14 heavy (non-hydrogen) atoms. The first-order valence-corrected chi connectivity index (χ1v) is 5.08. The largest absolute Gasteiger partial charge is 0.385 e. The summed E-state index contributed by atoms with van der Waals surface area (Å²) in [6.07, 6.45) is 6.44. The Morgan fingerprint density at radius 1 is 1.21 bits per heavy atom. The third-order valence-corrected chi connectivity index (χ3v) is 3.04. The van der Waals surface area contributed by atoms with Crippen LogP contribution in [0.4, 0.5) is 5.95 Å². The van der Waals surface area contributed by atoms with Crippen LogP contribution in [0.1, 0.15) is 24.8 Å². The average Bonchev–Trinajstić information content (AvgIpc) is 2.83. The molecular weight excluding hydrogens is 178 g/mol. The molecule has 2 heterocycles. The summed E-state index contributed by atoms with van der Waals surface area (Å²) in [4.78, 5) is 10.7. The van der Waals surface area contributed by atoms with Crippen molar-refractivity contribution < 1.29 is 5.11 Å². The number of aromatic nitrogens is 2. The maximum absolute atomic E-state index is 9.81. The third-order valence-electron chi connectivity index (χ3n) is 3.04. The molecule has 1 saturated carbocycles. The van der Waals surface area contributed by atoms with E-state index in [1.165, 1.54) is 6.42 Å². The molecule has 1 aromatic heterocycles. The maximum atomic E-state index is 9.81. The van der Waals surface area contributed by atoms with Crippen molar-refractivity contribution >= 4 is 5.95 Å². The van der Waals surface area contributed by atoms with Gasteiger partial charge in [-0.3, -0.25) is 0 Å². The molecule has 1 saturated heterocycles. The average molecular weight is 191 g/mol. The Labute approximate surface area is 82.6 Å². The van der Waals surface area contributed by atoms with Crippen molar-refractivity contribution in [2.45, 2.75) is 24.9 Å². The van der Waals surface area contributed by atoms with Gasteiger partial charge in [0.1, 0.15) is 0 Å². The molecule has 1 aliphatic carbocycles. The number of hydrogen-bond donors (Lipinski definition) is 1. The molecule has 0 atom stereocenters. The van der Waals surface area contributed by atoms with Gasteiger partial charge in [0.2, 0.25) is 5.95 Å². The number of nitrogens with zero attached hydrogens (tertiary/aromatic N) is 3. The van der Waals surface area contributed by atoms with Crippen LogP contribution in [-0.2, 0) is 5.60 Å². The van der Waals surface area contributed by atoms with Crippen molar-refractivity contribution in [1.82, 2.24) is 9.97 Å². The van der Waals surface area contributed by atoms with E-state index in [4.69, 9.17) is 0 Å². The number of anilines is 1. The summed E-state index contributed by atoms with van der Waals surface area (Å²) in [6, 6.07) is 0. The van der Waals surface area contributed by atoms with Gasteiger partial charge in [0.25, 0.3) is 0 Å². The molecule has 3 rings (SSSR count). The quantitative estimate of drug-likeness (QED) is 0.746. The number of hydrogen-bond acceptors (Lipinski definition) is 4. The lowest BCUT2D eigenvalue weighted by Crippen LogP contribution is -2.38. The van der Waals surface area contributed by atoms with E-state index in [0.29, 0.717) is 0 Å². The van der Waals surface area contributed by atoms with E-state index in [9.17, 15) is 5.11 Å². The van der Waals surface area contributed by atoms with Crippen LogP contribution >= 0.6 is 0 Å². The molecule has 0 bridgehead atoms. The molecule has 0 radical (unpaired) electrons.